The van der Waals surface area contributed by atoms with Crippen LogP contribution in [0.1, 0.15) is 35.3 Å². The van der Waals surface area contributed by atoms with Gasteiger partial charge < -0.3 is 10.1 Å². The fourth-order valence-electron chi connectivity index (χ4n) is 3.07. The molecule has 0 aliphatic rings. The third-order valence-corrected chi connectivity index (χ3v) is 4.49. The average Bonchev–Trinajstić information content (AvgIpc) is 2.70. The van der Waals surface area contributed by atoms with Gasteiger partial charge in [-0.25, -0.2) is 0 Å². The molecule has 3 aromatic carbocycles. The summed E-state index contributed by atoms with van der Waals surface area (Å²) in [5, 5.41) is 5.28. The first-order chi connectivity index (χ1) is 13.6. The fraction of sp³-hybridized carbons (Fsp3) is 0.261. The number of amides is 1. The van der Waals surface area contributed by atoms with Gasteiger partial charge in [0, 0.05) is 24.7 Å². The van der Waals surface area contributed by atoms with E-state index in [1.165, 1.54) is 10.9 Å². The molecule has 3 N–H and O–H groups in total. The van der Waals surface area contributed by atoms with E-state index in [1.807, 2.05) is 50.2 Å². The van der Waals surface area contributed by atoms with E-state index in [0.717, 1.165) is 16.7 Å². The normalized spacial score (nSPS) is 11.0. The minimum absolute atomic E-state index is 0.0441. The molecule has 0 fully saturated rings. The SMILES string of the molecule is COc1ccc2cc(CNNCc3ccccc3C(=O)NC(C)C)ccc2c1. The molecule has 1 amide bonds. The maximum atomic E-state index is 12.3. The molecular weight excluding hydrogens is 350 g/mol. The predicted octanol–water partition coefficient (Wildman–Crippen LogP) is 3.78. The Morgan fingerprint density at radius 2 is 1.64 bits per heavy atom. The molecule has 0 saturated carbocycles. The molecule has 5 heteroatoms. The lowest BCUT2D eigenvalue weighted by Crippen LogP contribution is -2.33. The van der Waals surface area contributed by atoms with Crippen molar-refractivity contribution in [2.45, 2.75) is 33.0 Å². The third kappa shape index (κ3) is 5.09. The monoisotopic (exact) mass is 377 g/mol. The van der Waals surface area contributed by atoms with Crippen molar-refractivity contribution in [2.75, 3.05) is 7.11 Å². The molecule has 0 aliphatic heterocycles. The topological polar surface area (TPSA) is 62.4 Å². The van der Waals surface area contributed by atoms with E-state index in [-0.39, 0.29) is 11.9 Å². The third-order valence-electron chi connectivity index (χ3n) is 4.49. The van der Waals surface area contributed by atoms with E-state index in [4.69, 9.17) is 4.74 Å². The van der Waals surface area contributed by atoms with Crippen molar-refractivity contribution in [1.29, 1.82) is 0 Å². The number of hydrogen-bond donors (Lipinski definition) is 3. The molecule has 28 heavy (non-hydrogen) atoms. The summed E-state index contributed by atoms with van der Waals surface area (Å²) in [5.74, 6) is 0.817. The summed E-state index contributed by atoms with van der Waals surface area (Å²) in [7, 11) is 1.68. The van der Waals surface area contributed by atoms with E-state index in [1.54, 1.807) is 7.11 Å². The quantitative estimate of drug-likeness (QED) is 0.413. The van der Waals surface area contributed by atoms with Crippen LogP contribution in [-0.4, -0.2) is 19.1 Å². The summed E-state index contributed by atoms with van der Waals surface area (Å²) in [6, 6.07) is 20.2. The van der Waals surface area contributed by atoms with Crippen LogP contribution >= 0.6 is 0 Å². The first-order valence-electron chi connectivity index (χ1n) is 9.48. The molecule has 0 saturated heterocycles. The van der Waals surface area contributed by atoms with Crippen LogP contribution in [0.5, 0.6) is 5.75 Å². The number of nitrogens with one attached hydrogen (secondary N) is 3. The zero-order chi connectivity index (χ0) is 19.9. The van der Waals surface area contributed by atoms with Crippen LogP contribution in [0, 0.1) is 0 Å². The van der Waals surface area contributed by atoms with Gasteiger partial charge in [0.25, 0.3) is 5.91 Å². The van der Waals surface area contributed by atoms with Crippen molar-refractivity contribution in [1.82, 2.24) is 16.2 Å². The number of rotatable bonds is 8. The Bertz CT molecular complexity index is 953. The van der Waals surface area contributed by atoms with Crippen LogP contribution in [-0.2, 0) is 13.1 Å². The van der Waals surface area contributed by atoms with Crippen molar-refractivity contribution in [2.24, 2.45) is 0 Å². The van der Waals surface area contributed by atoms with Gasteiger partial charge in [0.1, 0.15) is 5.75 Å². The second-order valence-corrected chi connectivity index (χ2v) is 7.04. The van der Waals surface area contributed by atoms with E-state index >= 15 is 0 Å². The highest BCUT2D eigenvalue weighted by molar-refractivity contribution is 5.95. The number of hydrazine groups is 1. The summed E-state index contributed by atoms with van der Waals surface area (Å²) in [5.41, 5.74) is 9.29. The molecule has 0 atom stereocenters. The van der Waals surface area contributed by atoms with E-state index in [9.17, 15) is 4.79 Å². The van der Waals surface area contributed by atoms with Crippen molar-refractivity contribution >= 4 is 16.7 Å². The Labute approximate surface area is 166 Å². The van der Waals surface area contributed by atoms with Gasteiger partial charge in [0.05, 0.1) is 7.11 Å². The molecule has 0 bridgehead atoms. The van der Waals surface area contributed by atoms with Crippen molar-refractivity contribution in [3.8, 4) is 5.75 Å². The summed E-state index contributed by atoms with van der Waals surface area (Å²) in [4.78, 5) is 12.3. The van der Waals surface area contributed by atoms with Gasteiger partial charge in [-0.05, 0) is 60.0 Å². The van der Waals surface area contributed by atoms with Gasteiger partial charge in [0.15, 0.2) is 0 Å². The second-order valence-electron chi connectivity index (χ2n) is 7.04. The Hall–Kier alpha value is -2.89. The lowest BCUT2D eigenvalue weighted by molar-refractivity contribution is 0.0942. The molecule has 0 aliphatic carbocycles. The Morgan fingerprint density at radius 3 is 2.43 bits per heavy atom. The van der Waals surface area contributed by atoms with Crippen LogP contribution in [0.2, 0.25) is 0 Å². The fourth-order valence-corrected chi connectivity index (χ4v) is 3.07. The van der Waals surface area contributed by atoms with Crippen LogP contribution in [0.4, 0.5) is 0 Å². The molecule has 0 aromatic heterocycles. The molecule has 0 radical (unpaired) electrons. The van der Waals surface area contributed by atoms with E-state index in [0.29, 0.717) is 18.7 Å². The van der Waals surface area contributed by atoms with Crippen molar-refractivity contribution < 1.29 is 9.53 Å². The van der Waals surface area contributed by atoms with Gasteiger partial charge in [-0.15, -0.1) is 0 Å². The van der Waals surface area contributed by atoms with Gasteiger partial charge in [-0.3, -0.25) is 15.6 Å². The first kappa shape index (κ1) is 19.9. The van der Waals surface area contributed by atoms with Crippen LogP contribution in [0.25, 0.3) is 10.8 Å². The molecule has 3 rings (SSSR count). The number of carbonyl (C=O) groups excluding carboxylic acids is 1. The highest BCUT2D eigenvalue weighted by Crippen LogP contribution is 2.21. The Balaban J connectivity index is 1.57. The first-order valence-corrected chi connectivity index (χ1v) is 9.48. The lowest BCUT2D eigenvalue weighted by Gasteiger charge is -2.13. The molecule has 0 heterocycles. The predicted molar refractivity (Wildman–Crippen MR) is 113 cm³/mol. The molecule has 0 spiro atoms. The highest BCUT2D eigenvalue weighted by Gasteiger charge is 2.11. The number of benzene rings is 3. The van der Waals surface area contributed by atoms with Crippen LogP contribution < -0.4 is 20.9 Å². The van der Waals surface area contributed by atoms with E-state index < -0.39 is 0 Å². The summed E-state index contributed by atoms with van der Waals surface area (Å²) in [6.45, 7) is 5.16. The highest BCUT2D eigenvalue weighted by atomic mass is 16.5. The van der Waals surface area contributed by atoms with Gasteiger partial charge in [0.2, 0.25) is 0 Å². The van der Waals surface area contributed by atoms with Gasteiger partial charge in [-0.2, -0.15) is 0 Å². The van der Waals surface area contributed by atoms with Crippen molar-refractivity contribution in [3.63, 3.8) is 0 Å². The molecule has 3 aromatic rings. The standard InChI is InChI=1S/C23H27N3O2/c1-16(2)26-23(27)22-7-5-4-6-20(22)15-25-24-14-17-8-9-19-13-21(28-3)11-10-18(19)12-17/h4-13,16,24-25H,14-15H2,1-3H3,(H,26,27). The van der Waals surface area contributed by atoms with E-state index in [2.05, 4.69) is 40.4 Å². The number of hydrogen-bond acceptors (Lipinski definition) is 4. The average molecular weight is 377 g/mol. The summed E-state index contributed by atoms with van der Waals surface area (Å²) < 4.78 is 5.27. The van der Waals surface area contributed by atoms with Crippen LogP contribution in [0.15, 0.2) is 60.7 Å². The molecule has 5 nitrogen and oxygen atoms in total. The zero-order valence-electron chi connectivity index (χ0n) is 16.6. The Kier molecular flexibility index (Phi) is 6.63. The largest absolute Gasteiger partial charge is 0.497 e. The lowest BCUT2D eigenvalue weighted by atomic mass is 10.1. The Morgan fingerprint density at radius 1 is 0.929 bits per heavy atom. The van der Waals surface area contributed by atoms with Crippen molar-refractivity contribution in [3.05, 3.63) is 77.4 Å². The summed E-state index contributed by atoms with van der Waals surface area (Å²) in [6.07, 6.45) is 0. The maximum absolute atomic E-state index is 12.3. The number of carbonyl (C=O) groups is 1. The molecular formula is C23H27N3O2. The minimum atomic E-state index is -0.0441. The molecule has 146 valence electrons. The number of ether oxygens (including phenoxy) is 1. The minimum Gasteiger partial charge on any atom is -0.497 e. The molecule has 0 unspecified atom stereocenters. The zero-order valence-corrected chi connectivity index (χ0v) is 16.6. The maximum Gasteiger partial charge on any atom is 0.251 e. The van der Waals surface area contributed by atoms with Crippen LogP contribution in [0.3, 0.4) is 0 Å². The number of fused-ring (bicyclic) bond motifs is 1. The second kappa shape index (κ2) is 9.35. The number of methoxy groups -OCH3 is 1. The summed E-state index contributed by atoms with van der Waals surface area (Å²) >= 11 is 0. The van der Waals surface area contributed by atoms with Gasteiger partial charge >= 0.3 is 0 Å². The smallest absolute Gasteiger partial charge is 0.251 e. The van der Waals surface area contributed by atoms with Gasteiger partial charge in [-0.1, -0.05) is 36.4 Å².